The van der Waals surface area contributed by atoms with E-state index in [0.29, 0.717) is 22.5 Å². The van der Waals surface area contributed by atoms with E-state index in [1.165, 1.54) is 6.42 Å². The lowest BCUT2D eigenvalue weighted by molar-refractivity contribution is -0.130. The van der Waals surface area contributed by atoms with Crippen LogP contribution in [0.15, 0.2) is 18.2 Å². The van der Waals surface area contributed by atoms with E-state index in [2.05, 4.69) is 5.32 Å². The minimum absolute atomic E-state index is 0.139. The van der Waals surface area contributed by atoms with Crippen LogP contribution in [0.3, 0.4) is 0 Å². The van der Waals surface area contributed by atoms with E-state index in [1.807, 2.05) is 17.9 Å². The highest BCUT2D eigenvalue weighted by Crippen LogP contribution is 2.23. The quantitative estimate of drug-likeness (QED) is 0.905. The first kappa shape index (κ1) is 15.6. The molecule has 1 amide bonds. The largest absolute Gasteiger partial charge is 0.341 e. The first-order valence-corrected chi connectivity index (χ1v) is 7.81. The summed E-state index contributed by atoms with van der Waals surface area (Å²) < 4.78 is 0. The first-order chi connectivity index (χ1) is 9.60. The molecule has 1 aromatic carbocycles. The van der Waals surface area contributed by atoms with E-state index in [9.17, 15) is 4.79 Å². The molecule has 5 heteroatoms. The molecule has 1 saturated heterocycles. The van der Waals surface area contributed by atoms with Gasteiger partial charge in [0.1, 0.15) is 0 Å². The molecule has 0 spiro atoms. The van der Waals surface area contributed by atoms with Gasteiger partial charge in [0.2, 0.25) is 5.91 Å². The van der Waals surface area contributed by atoms with Crippen LogP contribution in [0.4, 0.5) is 0 Å². The summed E-state index contributed by atoms with van der Waals surface area (Å²) >= 11 is 11.9. The molecule has 0 aliphatic carbocycles. The molecule has 2 rings (SSSR count). The predicted octanol–water partition coefficient (Wildman–Crippen LogP) is 3.14. The smallest absolute Gasteiger partial charge is 0.227 e. The Kier molecular flexibility index (Phi) is 5.70. The highest BCUT2D eigenvalue weighted by molar-refractivity contribution is 6.42. The zero-order chi connectivity index (χ0) is 14.5. The molecule has 0 bridgehead atoms. The molecule has 1 aromatic rings. The lowest BCUT2D eigenvalue weighted by Crippen LogP contribution is -2.41. The van der Waals surface area contributed by atoms with Crippen LogP contribution < -0.4 is 5.32 Å². The third kappa shape index (κ3) is 4.11. The summed E-state index contributed by atoms with van der Waals surface area (Å²) in [5.41, 5.74) is 0.905. The molecule has 1 atom stereocenters. The van der Waals surface area contributed by atoms with Crippen LogP contribution in [0, 0.1) is 0 Å². The van der Waals surface area contributed by atoms with Gasteiger partial charge in [-0.3, -0.25) is 4.79 Å². The summed E-state index contributed by atoms with van der Waals surface area (Å²) in [7, 11) is 0. The summed E-state index contributed by atoms with van der Waals surface area (Å²) in [4.78, 5) is 14.3. The van der Waals surface area contributed by atoms with E-state index in [0.717, 1.165) is 31.6 Å². The minimum atomic E-state index is 0.139. The summed E-state index contributed by atoms with van der Waals surface area (Å²) in [6, 6.07) is 5.80. The maximum absolute atomic E-state index is 12.3. The van der Waals surface area contributed by atoms with Gasteiger partial charge < -0.3 is 10.2 Å². The van der Waals surface area contributed by atoms with E-state index in [-0.39, 0.29) is 5.91 Å². The van der Waals surface area contributed by atoms with Gasteiger partial charge in [0.05, 0.1) is 16.5 Å². The average Bonchev–Trinajstić information content (AvgIpc) is 2.93. The maximum atomic E-state index is 12.3. The van der Waals surface area contributed by atoms with E-state index in [1.54, 1.807) is 12.1 Å². The van der Waals surface area contributed by atoms with Crippen molar-refractivity contribution >= 4 is 29.1 Å². The van der Waals surface area contributed by atoms with E-state index >= 15 is 0 Å². The fourth-order valence-electron chi connectivity index (χ4n) is 2.52. The Morgan fingerprint density at radius 3 is 2.80 bits per heavy atom. The Morgan fingerprint density at radius 2 is 2.20 bits per heavy atom. The number of nitrogens with zero attached hydrogens (tertiary/aromatic N) is 1. The van der Waals surface area contributed by atoms with E-state index < -0.39 is 0 Å². The maximum Gasteiger partial charge on any atom is 0.227 e. The molecule has 110 valence electrons. The molecule has 3 nitrogen and oxygen atoms in total. The van der Waals surface area contributed by atoms with Crippen LogP contribution in [0.1, 0.15) is 25.3 Å². The van der Waals surface area contributed by atoms with Crippen molar-refractivity contribution in [1.29, 1.82) is 0 Å². The second-order valence-electron chi connectivity index (χ2n) is 5.15. The summed E-state index contributed by atoms with van der Waals surface area (Å²) in [5.74, 6) is 0.139. The summed E-state index contributed by atoms with van der Waals surface area (Å²) in [5, 5.41) is 4.44. The molecular weight excluding hydrogens is 295 g/mol. The second kappa shape index (κ2) is 7.30. The lowest BCUT2D eigenvalue weighted by atomic mass is 10.1. The molecule has 20 heavy (non-hydrogen) atoms. The highest BCUT2D eigenvalue weighted by atomic mass is 35.5. The van der Waals surface area contributed by atoms with Crippen molar-refractivity contribution < 1.29 is 4.79 Å². The summed E-state index contributed by atoms with van der Waals surface area (Å²) in [6.45, 7) is 4.60. The Hall–Kier alpha value is -0.770. The van der Waals surface area contributed by atoms with Crippen molar-refractivity contribution in [3.05, 3.63) is 33.8 Å². The molecule has 1 aliphatic heterocycles. The van der Waals surface area contributed by atoms with Gasteiger partial charge in [-0.25, -0.2) is 0 Å². The number of amides is 1. The van der Waals surface area contributed by atoms with Crippen molar-refractivity contribution in [2.24, 2.45) is 0 Å². The van der Waals surface area contributed by atoms with Crippen LogP contribution in [0.5, 0.6) is 0 Å². The van der Waals surface area contributed by atoms with Crippen LogP contribution in [-0.2, 0) is 11.2 Å². The van der Waals surface area contributed by atoms with Crippen molar-refractivity contribution in [2.75, 3.05) is 19.6 Å². The Bertz CT molecular complexity index is 473. The second-order valence-corrected chi connectivity index (χ2v) is 5.97. The number of nitrogens with one attached hydrogen (secondary N) is 1. The summed E-state index contributed by atoms with van der Waals surface area (Å²) in [6.07, 6.45) is 2.72. The molecule has 0 aromatic heterocycles. The number of benzene rings is 1. The van der Waals surface area contributed by atoms with E-state index in [4.69, 9.17) is 23.2 Å². The molecule has 1 N–H and O–H groups in total. The molecule has 1 aliphatic rings. The minimum Gasteiger partial charge on any atom is -0.341 e. The van der Waals surface area contributed by atoms with Gasteiger partial charge in [-0.2, -0.15) is 0 Å². The molecule has 1 heterocycles. The van der Waals surface area contributed by atoms with Crippen LogP contribution in [0.25, 0.3) is 0 Å². The Labute approximate surface area is 130 Å². The van der Waals surface area contributed by atoms with Crippen LogP contribution in [-0.4, -0.2) is 36.5 Å². The van der Waals surface area contributed by atoms with Crippen LogP contribution in [0.2, 0.25) is 10.0 Å². The van der Waals surface area contributed by atoms with Gasteiger partial charge >= 0.3 is 0 Å². The van der Waals surface area contributed by atoms with Gasteiger partial charge in [-0.1, -0.05) is 29.3 Å². The van der Waals surface area contributed by atoms with Gasteiger partial charge in [0.15, 0.2) is 0 Å². The Morgan fingerprint density at radius 1 is 1.40 bits per heavy atom. The third-order valence-electron chi connectivity index (χ3n) is 3.68. The first-order valence-electron chi connectivity index (χ1n) is 7.05. The monoisotopic (exact) mass is 314 g/mol. The van der Waals surface area contributed by atoms with Crippen molar-refractivity contribution in [2.45, 2.75) is 32.2 Å². The molecule has 1 fully saturated rings. The molecule has 0 saturated carbocycles. The highest BCUT2D eigenvalue weighted by Gasteiger charge is 2.20. The fraction of sp³-hybridized carbons (Fsp3) is 0.533. The molecular formula is C15H20Cl2N2O. The zero-order valence-corrected chi connectivity index (χ0v) is 13.2. The van der Waals surface area contributed by atoms with Gasteiger partial charge in [-0.05, 0) is 44.0 Å². The fourth-order valence-corrected chi connectivity index (χ4v) is 2.84. The number of rotatable bonds is 5. The number of carbonyl (C=O) groups excluding carboxylic acids is 1. The number of halogens is 2. The van der Waals surface area contributed by atoms with Crippen molar-refractivity contribution in [1.82, 2.24) is 10.2 Å². The number of likely N-dealkylation sites (N-methyl/N-ethyl adjacent to an activating group) is 1. The number of carbonyl (C=O) groups is 1. The zero-order valence-electron chi connectivity index (χ0n) is 11.7. The molecule has 1 unspecified atom stereocenters. The Balaban J connectivity index is 1.95. The van der Waals surface area contributed by atoms with Crippen molar-refractivity contribution in [3.8, 4) is 0 Å². The number of hydrogen-bond acceptors (Lipinski definition) is 2. The average molecular weight is 315 g/mol. The van der Waals surface area contributed by atoms with Crippen molar-refractivity contribution in [3.63, 3.8) is 0 Å². The molecule has 0 radical (unpaired) electrons. The lowest BCUT2D eigenvalue weighted by Gasteiger charge is -2.24. The van der Waals surface area contributed by atoms with Gasteiger partial charge in [-0.15, -0.1) is 0 Å². The van der Waals surface area contributed by atoms with Crippen LogP contribution >= 0.6 is 23.2 Å². The van der Waals surface area contributed by atoms with Gasteiger partial charge in [0, 0.05) is 19.1 Å². The normalized spacial score (nSPS) is 18.2. The number of hydrogen-bond donors (Lipinski definition) is 1. The standard InChI is InChI=1S/C15H20Cl2N2O/c1-2-19(10-12-4-3-7-18-12)15(20)9-11-5-6-13(16)14(17)8-11/h5-6,8,12,18H,2-4,7,9-10H2,1H3. The topological polar surface area (TPSA) is 32.3 Å². The SMILES string of the molecule is CCN(CC1CCCN1)C(=O)Cc1ccc(Cl)c(Cl)c1. The third-order valence-corrected chi connectivity index (χ3v) is 4.42. The predicted molar refractivity (Wildman–Crippen MR) is 83.4 cm³/mol. The van der Waals surface area contributed by atoms with Gasteiger partial charge in [0.25, 0.3) is 0 Å².